The topological polar surface area (TPSA) is 36.9 Å². The maximum Gasteiger partial charge on any atom is 0.389 e. The third kappa shape index (κ3) is 15.4. The van der Waals surface area contributed by atoms with Gasteiger partial charge in [-0.25, -0.2) is 0 Å². The maximum absolute atomic E-state index is 13.3. The van der Waals surface area contributed by atoms with Crippen molar-refractivity contribution in [1.29, 1.82) is 0 Å². The molecule has 0 aliphatic heterocycles. The van der Waals surface area contributed by atoms with Crippen LogP contribution >= 0.6 is 0 Å². The summed E-state index contributed by atoms with van der Waals surface area (Å²) < 4.78 is 65.4. The van der Waals surface area contributed by atoms with Gasteiger partial charge in [0.1, 0.15) is 0 Å². The smallest absolute Gasteiger partial charge is 0.389 e. The van der Waals surface area contributed by atoms with E-state index in [-0.39, 0.29) is 16.9 Å². The predicted molar refractivity (Wildman–Crippen MR) is 173 cm³/mol. The quantitative estimate of drug-likeness (QED) is 0.192. The van der Waals surface area contributed by atoms with Crippen LogP contribution in [0, 0.1) is 10.8 Å². The molecule has 0 atom stereocenters. The van der Waals surface area contributed by atoms with E-state index in [2.05, 4.69) is 65.8 Å². The lowest BCUT2D eigenvalue weighted by atomic mass is 9.88. The van der Waals surface area contributed by atoms with Crippen LogP contribution in [0.25, 0.3) is 0 Å². The van der Waals surface area contributed by atoms with Gasteiger partial charge in [-0.2, -0.15) is 13.2 Å². The second kappa shape index (κ2) is 14.2. The molecule has 0 heterocycles. The van der Waals surface area contributed by atoms with Crippen molar-refractivity contribution in [1.82, 2.24) is 0 Å². The van der Waals surface area contributed by atoms with Crippen molar-refractivity contribution in [3.63, 3.8) is 0 Å². The van der Waals surface area contributed by atoms with Crippen LogP contribution in [0.2, 0.25) is 38.8 Å². The van der Waals surface area contributed by atoms with Crippen molar-refractivity contribution in [2.75, 3.05) is 0 Å². The number of halogens is 3. The predicted octanol–water partition coefficient (Wildman–Crippen LogP) is 10.1. The van der Waals surface area contributed by atoms with Crippen LogP contribution in [0.1, 0.15) is 70.2 Å². The largest absolute Gasteiger partial charge is 0.415 e. The highest BCUT2D eigenvalue weighted by Gasteiger charge is 2.47. The third-order valence-electron chi connectivity index (χ3n) is 6.47. The van der Waals surface area contributed by atoms with Gasteiger partial charge in [0.15, 0.2) is 0 Å². The van der Waals surface area contributed by atoms with E-state index in [0.717, 1.165) is 24.0 Å². The van der Waals surface area contributed by atoms with Gasteiger partial charge in [0, 0.05) is 6.42 Å². The molecule has 42 heavy (non-hydrogen) atoms. The first-order valence-electron chi connectivity index (χ1n) is 14.8. The Kier molecular flexibility index (Phi) is 12.5. The van der Waals surface area contributed by atoms with Gasteiger partial charge in [0.2, 0.25) is 0 Å². The van der Waals surface area contributed by atoms with E-state index in [1.54, 1.807) is 6.55 Å². The molecule has 0 spiro atoms. The summed E-state index contributed by atoms with van der Waals surface area (Å²) in [6.45, 7) is 23.1. The summed E-state index contributed by atoms with van der Waals surface area (Å²) in [7, 11) is -9.02. The minimum atomic E-state index is -4.30. The maximum atomic E-state index is 13.3. The number of alkyl halides is 3. The first kappa shape index (κ1) is 36.9. The Morgan fingerprint density at radius 1 is 0.548 bits per heavy atom. The number of rotatable bonds is 14. The van der Waals surface area contributed by atoms with Gasteiger partial charge >= 0.3 is 31.9 Å². The molecule has 0 bridgehead atoms. The molecule has 0 N–H and O–H groups in total. The van der Waals surface area contributed by atoms with E-state index in [4.69, 9.17) is 17.1 Å². The van der Waals surface area contributed by atoms with E-state index in [9.17, 15) is 13.2 Å². The van der Waals surface area contributed by atoms with E-state index in [1.807, 2.05) is 50.5 Å². The van der Waals surface area contributed by atoms with E-state index >= 15 is 0 Å². The second-order valence-electron chi connectivity index (χ2n) is 14.9. The highest BCUT2D eigenvalue weighted by atomic mass is 28.5. The van der Waals surface area contributed by atoms with Gasteiger partial charge in [0.25, 0.3) is 0 Å². The van der Waals surface area contributed by atoms with E-state index < -0.39 is 38.3 Å². The van der Waals surface area contributed by atoms with Crippen LogP contribution in [0.3, 0.4) is 0 Å². The summed E-state index contributed by atoms with van der Waals surface area (Å²) in [6.07, 6.45) is -3.32. The molecule has 0 unspecified atom stereocenters. The summed E-state index contributed by atoms with van der Waals surface area (Å²) in [6, 6.07) is 16.4. The molecule has 0 amide bonds. The second-order valence-corrected chi connectivity index (χ2v) is 25.5. The van der Waals surface area contributed by atoms with E-state index in [1.165, 1.54) is 11.1 Å². The van der Waals surface area contributed by atoms with Crippen LogP contribution < -0.4 is 0 Å². The molecular formula is C32H53F3O4Si3. The zero-order valence-electron chi connectivity index (χ0n) is 27.6. The fourth-order valence-electron chi connectivity index (χ4n) is 4.84. The molecule has 0 aromatic heterocycles. The van der Waals surface area contributed by atoms with Crippen molar-refractivity contribution in [2.24, 2.45) is 10.8 Å². The molecule has 0 radical (unpaired) electrons. The minimum Gasteiger partial charge on any atom is -0.415 e. The molecular weight excluding hydrogens is 590 g/mol. The van der Waals surface area contributed by atoms with Crippen LogP contribution in [0.5, 0.6) is 0 Å². The van der Waals surface area contributed by atoms with Crippen molar-refractivity contribution >= 4 is 25.7 Å². The molecule has 0 aliphatic rings. The molecule has 238 valence electrons. The first-order valence-corrected chi connectivity index (χ1v) is 23.0. The van der Waals surface area contributed by atoms with Gasteiger partial charge in [0.05, 0.1) is 13.2 Å². The summed E-state index contributed by atoms with van der Waals surface area (Å²) in [5, 5.41) is 0. The zero-order valence-corrected chi connectivity index (χ0v) is 30.6. The van der Waals surface area contributed by atoms with Gasteiger partial charge in [-0.05, 0) is 84.7 Å². The zero-order chi connectivity index (χ0) is 32.0. The molecule has 0 saturated heterocycles. The first-order chi connectivity index (χ1) is 18.9. The normalized spacial score (nSPS) is 14.0. The van der Waals surface area contributed by atoms with E-state index in [0.29, 0.717) is 13.2 Å². The average Bonchev–Trinajstić information content (AvgIpc) is 2.79. The summed E-state index contributed by atoms with van der Waals surface area (Å²) in [5.41, 5.74) is 4.92. The molecule has 0 fully saturated rings. The molecule has 2 rings (SSSR count). The van der Waals surface area contributed by atoms with Crippen molar-refractivity contribution < 1.29 is 30.3 Å². The number of hydrogen-bond donors (Lipinski definition) is 0. The Balaban J connectivity index is 2.07. The van der Waals surface area contributed by atoms with Crippen LogP contribution in [-0.2, 0) is 43.1 Å². The van der Waals surface area contributed by atoms with Gasteiger partial charge < -0.3 is 17.1 Å². The standard InChI is InChI=1S/C32H53F3O4Si3/c1-30(2,3)22-26-12-16-28(17-13-26)24-36-40(7,8)38-42(11,21-20-32(33,34)35)39-41(9,10)37-25-29-18-14-27(15-19-29)23-31(4,5)6/h12-19H,20-25H2,1-11H3. The lowest BCUT2D eigenvalue weighted by molar-refractivity contribution is -0.131. The Morgan fingerprint density at radius 3 is 1.14 bits per heavy atom. The third-order valence-corrected chi connectivity index (χ3v) is 16.7. The van der Waals surface area contributed by atoms with Crippen LogP contribution in [0.15, 0.2) is 48.5 Å². The number of hydrogen-bond acceptors (Lipinski definition) is 4. The molecule has 10 heteroatoms. The Morgan fingerprint density at radius 2 is 0.857 bits per heavy atom. The van der Waals surface area contributed by atoms with Crippen LogP contribution in [-0.4, -0.2) is 31.9 Å². The minimum absolute atomic E-state index is 0.198. The van der Waals surface area contributed by atoms with Crippen molar-refractivity contribution in [2.45, 2.75) is 119 Å². The lowest BCUT2D eigenvalue weighted by Gasteiger charge is -2.40. The molecule has 2 aromatic rings. The van der Waals surface area contributed by atoms with Crippen molar-refractivity contribution in [3.8, 4) is 0 Å². The molecule has 2 aromatic carbocycles. The SMILES string of the molecule is CC(C)(C)Cc1ccc(CO[Si](C)(C)O[Si](C)(CCC(F)(F)F)O[Si](C)(C)OCc2ccc(CC(C)(C)C)cc2)cc1. The van der Waals surface area contributed by atoms with Gasteiger partial charge in [-0.1, -0.05) is 90.1 Å². The summed E-state index contributed by atoms with van der Waals surface area (Å²) >= 11 is 0. The average molecular weight is 643 g/mol. The number of benzene rings is 2. The summed E-state index contributed by atoms with van der Waals surface area (Å²) in [4.78, 5) is 0. The molecule has 0 saturated carbocycles. The molecule has 0 aliphatic carbocycles. The molecule has 4 nitrogen and oxygen atoms in total. The Bertz CT molecular complexity index is 1030. The highest BCUT2D eigenvalue weighted by molar-refractivity contribution is 6.85. The van der Waals surface area contributed by atoms with Gasteiger partial charge in [-0.15, -0.1) is 0 Å². The van der Waals surface area contributed by atoms with Crippen molar-refractivity contribution in [3.05, 3.63) is 70.8 Å². The highest BCUT2D eigenvalue weighted by Crippen LogP contribution is 2.32. The Hall–Kier alpha value is -1.28. The fraction of sp³-hybridized carbons (Fsp3) is 0.625. The van der Waals surface area contributed by atoms with Crippen LogP contribution in [0.4, 0.5) is 13.2 Å². The monoisotopic (exact) mass is 642 g/mol. The summed E-state index contributed by atoms with van der Waals surface area (Å²) in [5.74, 6) is 0. The lowest BCUT2D eigenvalue weighted by Crippen LogP contribution is -2.56. The van der Waals surface area contributed by atoms with Gasteiger partial charge in [-0.3, -0.25) is 0 Å². The Labute approximate surface area is 256 Å². The fourth-order valence-corrected chi connectivity index (χ4v) is 16.8.